The van der Waals surface area contributed by atoms with Crippen molar-refractivity contribution in [2.24, 2.45) is 0 Å². The third-order valence-electron chi connectivity index (χ3n) is 12.4. The minimum atomic E-state index is 0.802. The number of rotatable bonds is 7. The lowest BCUT2D eigenvalue weighted by Crippen LogP contribution is -1.96. The van der Waals surface area contributed by atoms with Gasteiger partial charge in [-0.2, -0.15) is 0 Å². The molecule has 0 unspecified atom stereocenters. The zero-order valence-corrected chi connectivity index (χ0v) is 40.5. The summed E-state index contributed by atoms with van der Waals surface area (Å²) in [6, 6.07) is 85.0. The fourth-order valence-electron chi connectivity index (χ4n) is 9.03. The van der Waals surface area contributed by atoms with Crippen molar-refractivity contribution in [3.63, 3.8) is 0 Å². The summed E-state index contributed by atoms with van der Waals surface area (Å²) < 4.78 is 6.98. The molecule has 330 valence electrons. The Kier molecular flexibility index (Phi) is 13.1. The van der Waals surface area contributed by atoms with E-state index in [9.17, 15) is 0 Å². The largest absolute Gasteiger partial charge is 0.399 e. The van der Waals surface area contributed by atoms with Crippen LogP contribution in [-0.4, -0.2) is 9.13 Å². The molecule has 0 spiro atoms. The fourth-order valence-corrected chi connectivity index (χ4v) is 10.0. The van der Waals surface area contributed by atoms with Gasteiger partial charge in [-0.3, -0.25) is 0 Å². The van der Waals surface area contributed by atoms with Crippen LogP contribution in [0.4, 0.5) is 11.4 Å². The first-order valence-corrected chi connectivity index (χ1v) is 24.3. The molecule has 0 amide bonds. The molecule has 0 aliphatic heterocycles. The first-order chi connectivity index (χ1) is 33.4. The summed E-state index contributed by atoms with van der Waals surface area (Å²) in [6.45, 7) is 0. The van der Waals surface area contributed by atoms with E-state index in [1.54, 1.807) is 0 Å². The quantitative estimate of drug-likeness (QED) is 0.156. The molecule has 0 atom stereocenters. The van der Waals surface area contributed by atoms with E-state index in [0.717, 1.165) is 33.2 Å². The fraction of sp³-hybridized carbons (Fsp3) is 0.0323. The van der Waals surface area contributed by atoms with E-state index in [4.69, 9.17) is 11.5 Å². The molecule has 0 bridgehead atoms. The van der Waals surface area contributed by atoms with Gasteiger partial charge in [-0.05, 0) is 131 Å². The molecule has 12 aromatic rings. The minimum Gasteiger partial charge on any atom is -0.399 e. The molecule has 10 aromatic carbocycles. The summed E-state index contributed by atoms with van der Waals surface area (Å²) in [5.74, 6) is 0. The molecule has 0 saturated carbocycles. The van der Waals surface area contributed by atoms with E-state index in [-0.39, 0.29) is 0 Å². The number of anilines is 2. The topological polar surface area (TPSA) is 61.9 Å². The Bertz CT molecular complexity index is 3300. The third kappa shape index (κ3) is 9.47. The maximum absolute atomic E-state index is 5.62. The van der Waals surface area contributed by atoms with Crippen molar-refractivity contribution in [3.05, 3.63) is 274 Å². The molecule has 0 fully saturated rings. The van der Waals surface area contributed by atoms with Gasteiger partial charge in [0.05, 0.1) is 22.1 Å². The standard InChI is InChI=1S/C37H26N2.C13H14N2.C12H8Br2/c1-5-13-34-30(9-1)31-10-2-6-14-35(31)38(34)28-21-17-26(18-22-28)25-27-19-23-29(24-20-27)39-36-15-7-3-11-32(36)33-12-4-8-16-37(33)39;14-12-5-1-10(2-6-12)9-11-3-7-13(15)8-4-11;13-11-7-3-1-5-9(11)10-6-2-4-8-12(10)14/h1-24H,25H2;1-8H,9,14-15H2;1-8H. The summed E-state index contributed by atoms with van der Waals surface area (Å²) >= 11 is 7.09. The maximum Gasteiger partial charge on any atom is 0.0541 e. The molecular formula is C62H48Br2N4. The zero-order chi connectivity index (χ0) is 46.4. The summed E-state index contributed by atoms with van der Waals surface area (Å²) in [5, 5.41) is 5.17. The monoisotopic (exact) mass is 1010 g/mol. The molecule has 0 aliphatic rings. The van der Waals surface area contributed by atoms with Crippen molar-refractivity contribution in [3.8, 4) is 22.5 Å². The number of halogens is 2. The second-order valence-corrected chi connectivity index (χ2v) is 18.6. The number of aromatic nitrogens is 2. The first kappa shape index (κ1) is 44.2. The molecular weight excluding hydrogens is 961 g/mol. The van der Waals surface area contributed by atoms with Crippen molar-refractivity contribution in [2.45, 2.75) is 12.8 Å². The molecule has 0 saturated heterocycles. The Hall–Kier alpha value is -7.64. The smallest absolute Gasteiger partial charge is 0.0541 e. The minimum absolute atomic E-state index is 0.802. The number of hydrogen-bond donors (Lipinski definition) is 2. The van der Waals surface area contributed by atoms with Crippen LogP contribution in [0.5, 0.6) is 0 Å². The van der Waals surface area contributed by atoms with E-state index in [1.807, 2.05) is 72.8 Å². The van der Waals surface area contributed by atoms with Gasteiger partial charge in [0.25, 0.3) is 0 Å². The highest BCUT2D eigenvalue weighted by Gasteiger charge is 2.13. The van der Waals surface area contributed by atoms with Gasteiger partial charge in [-0.15, -0.1) is 0 Å². The Balaban J connectivity index is 0.000000152. The number of benzene rings is 10. The Morgan fingerprint density at radius 3 is 0.824 bits per heavy atom. The molecule has 4 nitrogen and oxygen atoms in total. The summed E-state index contributed by atoms with van der Waals surface area (Å²) in [5.41, 5.74) is 27.8. The Labute approximate surface area is 414 Å². The average Bonchev–Trinajstić information content (AvgIpc) is 3.90. The van der Waals surface area contributed by atoms with E-state index >= 15 is 0 Å². The van der Waals surface area contributed by atoms with Gasteiger partial charge in [0.1, 0.15) is 0 Å². The normalized spacial score (nSPS) is 11.0. The number of para-hydroxylation sites is 4. The molecule has 0 radical (unpaired) electrons. The molecule has 6 heteroatoms. The van der Waals surface area contributed by atoms with Crippen LogP contribution in [0.3, 0.4) is 0 Å². The second-order valence-electron chi connectivity index (χ2n) is 16.9. The highest BCUT2D eigenvalue weighted by molar-refractivity contribution is 9.11. The van der Waals surface area contributed by atoms with Gasteiger partial charge in [-0.1, -0.05) is 190 Å². The SMILES string of the molecule is Brc1ccccc1-c1ccccc1Br.Nc1ccc(Cc2ccc(N)cc2)cc1.c1ccc2c(c1)c1ccccc1n2-c1ccc(Cc2ccc(-n3c4ccccc4c4ccccc43)cc2)cc1. The van der Waals surface area contributed by atoms with Crippen molar-refractivity contribution >= 4 is 86.8 Å². The molecule has 2 aromatic heterocycles. The van der Waals surface area contributed by atoms with Gasteiger partial charge in [0.2, 0.25) is 0 Å². The Morgan fingerprint density at radius 1 is 0.279 bits per heavy atom. The van der Waals surface area contributed by atoms with Crippen molar-refractivity contribution in [1.82, 2.24) is 9.13 Å². The van der Waals surface area contributed by atoms with Gasteiger partial charge in [-0.25, -0.2) is 0 Å². The van der Waals surface area contributed by atoms with Gasteiger partial charge in [0.15, 0.2) is 0 Å². The maximum atomic E-state index is 5.62. The lowest BCUT2D eigenvalue weighted by atomic mass is 10.0. The van der Waals surface area contributed by atoms with Crippen LogP contribution in [0.25, 0.3) is 66.1 Å². The highest BCUT2D eigenvalue weighted by Crippen LogP contribution is 2.35. The lowest BCUT2D eigenvalue weighted by Gasteiger charge is -2.11. The second kappa shape index (κ2) is 20.1. The van der Waals surface area contributed by atoms with Crippen LogP contribution in [-0.2, 0) is 12.8 Å². The number of nitrogens with zero attached hydrogens (tertiary/aromatic N) is 2. The molecule has 2 heterocycles. The van der Waals surface area contributed by atoms with E-state index in [0.29, 0.717) is 0 Å². The number of nitrogens with two attached hydrogens (primary N) is 2. The number of nitrogen functional groups attached to an aromatic ring is 2. The van der Waals surface area contributed by atoms with E-state index < -0.39 is 0 Å². The zero-order valence-electron chi connectivity index (χ0n) is 37.3. The number of fused-ring (bicyclic) bond motifs is 6. The molecule has 0 aliphatic carbocycles. The summed E-state index contributed by atoms with van der Waals surface area (Å²) in [6.07, 6.45) is 1.82. The Morgan fingerprint density at radius 2 is 0.529 bits per heavy atom. The van der Waals surface area contributed by atoms with Crippen LogP contribution >= 0.6 is 31.9 Å². The first-order valence-electron chi connectivity index (χ1n) is 22.7. The van der Waals surface area contributed by atoms with Gasteiger partial charge >= 0.3 is 0 Å². The van der Waals surface area contributed by atoms with Crippen LogP contribution < -0.4 is 11.5 Å². The van der Waals surface area contributed by atoms with Crippen molar-refractivity contribution in [1.29, 1.82) is 0 Å². The van der Waals surface area contributed by atoms with Crippen LogP contribution in [0.15, 0.2) is 252 Å². The van der Waals surface area contributed by atoms with Crippen molar-refractivity contribution in [2.75, 3.05) is 11.5 Å². The lowest BCUT2D eigenvalue weighted by molar-refractivity contribution is 1.13. The predicted molar refractivity (Wildman–Crippen MR) is 296 cm³/mol. The van der Waals surface area contributed by atoms with Crippen LogP contribution in [0.1, 0.15) is 22.3 Å². The third-order valence-corrected chi connectivity index (χ3v) is 13.7. The van der Waals surface area contributed by atoms with Gasteiger partial charge < -0.3 is 20.6 Å². The van der Waals surface area contributed by atoms with Crippen molar-refractivity contribution < 1.29 is 0 Å². The van der Waals surface area contributed by atoms with E-state index in [2.05, 4.69) is 211 Å². The molecule has 68 heavy (non-hydrogen) atoms. The predicted octanol–water partition coefficient (Wildman–Crippen LogP) is 16.8. The summed E-state index contributed by atoms with van der Waals surface area (Å²) in [7, 11) is 0. The summed E-state index contributed by atoms with van der Waals surface area (Å²) in [4.78, 5) is 0. The molecule has 12 rings (SSSR count). The number of hydrogen-bond acceptors (Lipinski definition) is 2. The molecule has 4 N–H and O–H groups in total. The van der Waals surface area contributed by atoms with Crippen LogP contribution in [0, 0.1) is 0 Å². The average molecular weight is 1010 g/mol. The van der Waals surface area contributed by atoms with E-state index in [1.165, 1.54) is 88.4 Å². The highest BCUT2D eigenvalue weighted by atomic mass is 79.9. The van der Waals surface area contributed by atoms with Crippen LogP contribution in [0.2, 0.25) is 0 Å². The van der Waals surface area contributed by atoms with Gasteiger partial charge in [0, 0.05) is 53.2 Å².